The fourth-order valence-electron chi connectivity index (χ4n) is 1.77. The lowest BCUT2D eigenvalue weighted by Gasteiger charge is -2.14. The lowest BCUT2D eigenvalue weighted by atomic mass is 10.1. The van der Waals surface area contributed by atoms with Gasteiger partial charge in [-0.15, -0.1) is 0 Å². The van der Waals surface area contributed by atoms with E-state index >= 15 is 0 Å². The Hall–Kier alpha value is -0.580. The van der Waals surface area contributed by atoms with Gasteiger partial charge in [-0.1, -0.05) is 43.6 Å². The van der Waals surface area contributed by atoms with Crippen molar-refractivity contribution >= 4 is 15.9 Å². The van der Waals surface area contributed by atoms with Crippen LogP contribution >= 0.6 is 15.9 Å². The summed E-state index contributed by atoms with van der Waals surface area (Å²) in [5, 5.41) is 3.42. The molecule has 0 heterocycles. The second kappa shape index (κ2) is 10.2. The first-order valence-electron chi connectivity index (χ1n) is 7.71. The van der Waals surface area contributed by atoms with Crippen molar-refractivity contribution in [3.8, 4) is 5.75 Å². The quantitative estimate of drug-likeness (QED) is 0.630. The third kappa shape index (κ3) is 8.44. The first-order valence-corrected chi connectivity index (χ1v) is 8.50. The number of rotatable bonds is 10. The van der Waals surface area contributed by atoms with E-state index < -0.39 is 0 Å². The second-order valence-electron chi connectivity index (χ2n) is 5.93. The summed E-state index contributed by atoms with van der Waals surface area (Å²) < 4.78 is 12.5. The van der Waals surface area contributed by atoms with Gasteiger partial charge < -0.3 is 14.8 Å². The van der Waals surface area contributed by atoms with Gasteiger partial charge in [-0.3, -0.25) is 0 Å². The average molecular weight is 358 g/mol. The summed E-state index contributed by atoms with van der Waals surface area (Å²) in [5.74, 6) is 1.62. The van der Waals surface area contributed by atoms with Crippen LogP contribution in [0.3, 0.4) is 0 Å². The van der Waals surface area contributed by atoms with Gasteiger partial charge in [0.1, 0.15) is 12.4 Å². The third-order valence-corrected chi connectivity index (χ3v) is 3.54. The van der Waals surface area contributed by atoms with Gasteiger partial charge >= 0.3 is 0 Å². The van der Waals surface area contributed by atoms with Crippen molar-refractivity contribution in [3.05, 3.63) is 28.2 Å². The van der Waals surface area contributed by atoms with E-state index in [9.17, 15) is 0 Å². The van der Waals surface area contributed by atoms with Gasteiger partial charge in [0.25, 0.3) is 0 Å². The van der Waals surface area contributed by atoms with Crippen LogP contribution in [0.5, 0.6) is 5.75 Å². The summed E-state index contributed by atoms with van der Waals surface area (Å²) in [6, 6.07) is 6.57. The van der Waals surface area contributed by atoms with Gasteiger partial charge in [0.15, 0.2) is 0 Å². The highest BCUT2D eigenvalue weighted by molar-refractivity contribution is 9.10. The Morgan fingerprint density at radius 3 is 2.52 bits per heavy atom. The highest BCUT2D eigenvalue weighted by Crippen LogP contribution is 2.23. The molecule has 0 aliphatic carbocycles. The molecule has 1 N–H and O–H groups in total. The fraction of sp³-hybridized carbons (Fsp3) is 0.647. The van der Waals surface area contributed by atoms with E-state index in [1.165, 1.54) is 5.56 Å². The van der Waals surface area contributed by atoms with Crippen LogP contribution in [0.1, 0.15) is 39.7 Å². The van der Waals surface area contributed by atoms with E-state index in [4.69, 9.17) is 9.47 Å². The molecule has 0 saturated heterocycles. The van der Waals surface area contributed by atoms with Gasteiger partial charge in [0.05, 0.1) is 6.61 Å². The molecule has 0 amide bonds. The molecular weight excluding hydrogens is 330 g/mol. The molecule has 0 bridgehead atoms. The topological polar surface area (TPSA) is 30.5 Å². The minimum atomic E-state index is 0.455. The van der Waals surface area contributed by atoms with Crippen LogP contribution in [0.25, 0.3) is 0 Å². The SMILES string of the molecule is CC(C)CCOCCOc1ccc(Br)cc1CNC(C)C. The van der Waals surface area contributed by atoms with E-state index in [0.29, 0.717) is 25.2 Å². The smallest absolute Gasteiger partial charge is 0.123 e. The van der Waals surface area contributed by atoms with Crippen molar-refractivity contribution in [1.82, 2.24) is 5.32 Å². The number of halogens is 1. The highest BCUT2D eigenvalue weighted by Gasteiger charge is 2.05. The minimum absolute atomic E-state index is 0.455. The Bertz CT molecular complexity index is 408. The van der Waals surface area contributed by atoms with Gasteiger partial charge in [-0.25, -0.2) is 0 Å². The monoisotopic (exact) mass is 357 g/mol. The molecule has 1 aromatic rings. The van der Waals surface area contributed by atoms with Crippen LogP contribution in [0.15, 0.2) is 22.7 Å². The molecule has 0 spiro atoms. The Morgan fingerprint density at radius 2 is 1.86 bits per heavy atom. The number of ether oxygens (including phenoxy) is 2. The van der Waals surface area contributed by atoms with E-state index in [1.54, 1.807) is 0 Å². The maximum absolute atomic E-state index is 5.85. The Balaban J connectivity index is 2.39. The minimum Gasteiger partial charge on any atom is -0.491 e. The van der Waals surface area contributed by atoms with Crippen molar-refractivity contribution in [2.75, 3.05) is 19.8 Å². The molecular formula is C17H28BrNO2. The van der Waals surface area contributed by atoms with Gasteiger partial charge in [0, 0.05) is 29.2 Å². The average Bonchev–Trinajstić information content (AvgIpc) is 2.41. The molecule has 3 nitrogen and oxygen atoms in total. The standard InChI is InChI=1S/C17H28BrNO2/c1-13(2)7-8-20-9-10-21-17-6-5-16(18)11-15(17)12-19-14(3)4/h5-6,11,13-14,19H,7-10,12H2,1-4H3. The summed E-state index contributed by atoms with van der Waals surface area (Å²) in [6.45, 7) is 11.5. The normalized spacial score (nSPS) is 11.4. The summed E-state index contributed by atoms with van der Waals surface area (Å²) >= 11 is 3.51. The zero-order valence-electron chi connectivity index (χ0n) is 13.6. The van der Waals surface area contributed by atoms with E-state index in [-0.39, 0.29) is 0 Å². The van der Waals surface area contributed by atoms with Crippen LogP contribution in [0.2, 0.25) is 0 Å². The van der Waals surface area contributed by atoms with E-state index in [2.05, 4.69) is 55.0 Å². The largest absolute Gasteiger partial charge is 0.491 e. The summed E-state index contributed by atoms with van der Waals surface area (Å²) in [6.07, 6.45) is 1.10. The molecule has 1 aromatic carbocycles. The van der Waals surface area contributed by atoms with Gasteiger partial charge in [-0.2, -0.15) is 0 Å². The van der Waals surface area contributed by atoms with Gasteiger partial charge in [-0.05, 0) is 30.5 Å². The van der Waals surface area contributed by atoms with Gasteiger partial charge in [0.2, 0.25) is 0 Å². The third-order valence-electron chi connectivity index (χ3n) is 3.05. The van der Waals surface area contributed by atoms with Crippen molar-refractivity contribution in [1.29, 1.82) is 0 Å². The number of hydrogen-bond acceptors (Lipinski definition) is 3. The van der Waals surface area contributed by atoms with Crippen molar-refractivity contribution < 1.29 is 9.47 Å². The lowest BCUT2D eigenvalue weighted by molar-refractivity contribution is 0.0922. The zero-order valence-corrected chi connectivity index (χ0v) is 15.2. The fourth-order valence-corrected chi connectivity index (χ4v) is 2.18. The second-order valence-corrected chi connectivity index (χ2v) is 6.85. The molecule has 21 heavy (non-hydrogen) atoms. The Kier molecular flexibility index (Phi) is 8.97. The van der Waals surface area contributed by atoms with Crippen LogP contribution in [-0.2, 0) is 11.3 Å². The van der Waals surface area contributed by atoms with Crippen LogP contribution in [-0.4, -0.2) is 25.9 Å². The van der Waals surface area contributed by atoms with Crippen molar-refractivity contribution in [3.63, 3.8) is 0 Å². The summed E-state index contributed by atoms with van der Waals surface area (Å²) in [7, 11) is 0. The lowest BCUT2D eigenvalue weighted by Crippen LogP contribution is -2.22. The van der Waals surface area contributed by atoms with Crippen LogP contribution < -0.4 is 10.1 Å². The molecule has 0 aliphatic rings. The molecule has 0 saturated carbocycles. The molecule has 0 fully saturated rings. The molecule has 0 aromatic heterocycles. The first kappa shape index (κ1) is 18.5. The molecule has 0 atom stereocenters. The Labute approximate surface area is 137 Å². The summed E-state index contributed by atoms with van der Waals surface area (Å²) in [5.41, 5.74) is 1.17. The zero-order chi connectivity index (χ0) is 15.7. The molecule has 4 heteroatoms. The molecule has 0 radical (unpaired) electrons. The van der Waals surface area contributed by atoms with E-state index in [0.717, 1.165) is 29.8 Å². The molecule has 120 valence electrons. The van der Waals surface area contributed by atoms with Crippen LogP contribution in [0, 0.1) is 5.92 Å². The van der Waals surface area contributed by atoms with Crippen molar-refractivity contribution in [2.45, 2.75) is 46.7 Å². The highest BCUT2D eigenvalue weighted by atomic mass is 79.9. The maximum atomic E-state index is 5.85. The summed E-state index contributed by atoms with van der Waals surface area (Å²) in [4.78, 5) is 0. The molecule has 0 aliphatic heterocycles. The molecule has 1 rings (SSSR count). The number of nitrogens with one attached hydrogen (secondary N) is 1. The molecule has 0 unspecified atom stereocenters. The predicted octanol–water partition coefficient (Wildman–Crippen LogP) is 4.39. The number of benzene rings is 1. The van der Waals surface area contributed by atoms with Crippen molar-refractivity contribution in [2.24, 2.45) is 5.92 Å². The maximum Gasteiger partial charge on any atom is 0.123 e. The van der Waals surface area contributed by atoms with E-state index in [1.807, 2.05) is 12.1 Å². The number of hydrogen-bond donors (Lipinski definition) is 1. The Morgan fingerprint density at radius 1 is 1.10 bits per heavy atom. The van der Waals surface area contributed by atoms with Crippen LogP contribution in [0.4, 0.5) is 0 Å². The predicted molar refractivity (Wildman–Crippen MR) is 91.9 cm³/mol. The first-order chi connectivity index (χ1) is 9.99.